The van der Waals surface area contributed by atoms with Gasteiger partial charge in [-0.3, -0.25) is 4.98 Å². The molecule has 4 nitrogen and oxygen atoms in total. The third-order valence-electron chi connectivity index (χ3n) is 5.12. The van der Waals surface area contributed by atoms with E-state index in [-0.39, 0.29) is 0 Å². The quantitative estimate of drug-likeness (QED) is 0.721. The van der Waals surface area contributed by atoms with Crippen molar-refractivity contribution in [2.24, 2.45) is 5.92 Å². The van der Waals surface area contributed by atoms with Crippen LogP contribution in [-0.2, 0) is 0 Å². The Morgan fingerprint density at radius 3 is 2.91 bits per heavy atom. The standard InChI is InChI=1S/C19H22N4/c1-14-7-10-22(12-18(14)23-11-9-20-13-23)17-6-8-21-19-15(2)4-3-5-16(17)19/h3-6,8-9,11,13-14,18H,7,10,12H2,1-2H3. The molecule has 1 aliphatic heterocycles. The number of hydrogen-bond donors (Lipinski definition) is 0. The van der Waals surface area contributed by atoms with Crippen LogP contribution in [0.15, 0.2) is 49.2 Å². The second-order valence-electron chi connectivity index (χ2n) is 6.59. The average Bonchev–Trinajstić information content (AvgIpc) is 3.10. The highest BCUT2D eigenvalue weighted by molar-refractivity contribution is 5.93. The second kappa shape index (κ2) is 5.69. The topological polar surface area (TPSA) is 34.0 Å². The molecule has 23 heavy (non-hydrogen) atoms. The molecule has 2 atom stereocenters. The summed E-state index contributed by atoms with van der Waals surface area (Å²) in [5.41, 5.74) is 3.65. The summed E-state index contributed by atoms with van der Waals surface area (Å²) in [5, 5.41) is 1.26. The molecule has 2 aromatic heterocycles. The minimum Gasteiger partial charge on any atom is -0.369 e. The third kappa shape index (κ3) is 2.48. The summed E-state index contributed by atoms with van der Waals surface area (Å²) in [4.78, 5) is 11.3. The number of rotatable bonds is 2. The van der Waals surface area contributed by atoms with E-state index < -0.39 is 0 Å². The van der Waals surface area contributed by atoms with Gasteiger partial charge in [-0.2, -0.15) is 0 Å². The van der Waals surface area contributed by atoms with E-state index in [4.69, 9.17) is 0 Å². The molecule has 4 rings (SSSR count). The lowest BCUT2D eigenvalue weighted by molar-refractivity contribution is 0.299. The van der Waals surface area contributed by atoms with Gasteiger partial charge in [-0.15, -0.1) is 0 Å². The summed E-state index contributed by atoms with van der Waals surface area (Å²) in [6.07, 6.45) is 9.03. The first-order chi connectivity index (χ1) is 11.2. The van der Waals surface area contributed by atoms with Gasteiger partial charge in [0.05, 0.1) is 17.9 Å². The number of piperidine rings is 1. The molecular weight excluding hydrogens is 284 g/mol. The number of nitrogens with zero attached hydrogens (tertiary/aromatic N) is 4. The van der Waals surface area contributed by atoms with Gasteiger partial charge < -0.3 is 9.47 Å². The molecule has 0 N–H and O–H groups in total. The van der Waals surface area contributed by atoms with Gasteiger partial charge in [0.25, 0.3) is 0 Å². The minimum absolute atomic E-state index is 0.472. The van der Waals surface area contributed by atoms with Crippen LogP contribution in [0.1, 0.15) is 24.9 Å². The predicted octanol–water partition coefficient (Wildman–Crippen LogP) is 3.83. The maximum absolute atomic E-state index is 4.58. The molecular formula is C19H22N4. The number of hydrogen-bond acceptors (Lipinski definition) is 3. The van der Waals surface area contributed by atoms with Crippen molar-refractivity contribution in [1.82, 2.24) is 14.5 Å². The minimum atomic E-state index is 0.472. The Kier molecular flexibility index (Phi) is 3.52. The number of anilines is 1. The molecule has 1 saturated heterocycles. The summed E-state index contributed by atoms with van der Waals surface area (Å²) in [6.45, 7) is 6.59. The molecule has 118 valence electrons. The van der Waals surface area contributed by atoms with Gasteiger partial charge in [-0.05, 0) is 30.9 Å². The van der Waals surface area contributed by atoms with Gasteiger partial charge in [0.2, 0.25) is 0 Å². The van der Waals surface area contributed by atoms with Crippen molar-refractivity contribution in [2.75, 3.05) is 18.0 Å². The number of para-hydroxylation sites is 1. The van der Waals surface area contributed by atoms with E-state index in [1.54, 1.807) is 0 Å². The molecule has 3 aromatic rings. The van der Waals surface area contributed by atoms with Crippen LogP contribution in [0.4, 0.5) is 5.69 Å². The van der Waals surface area contributed by atoms with Crippen LogP contribution in [-0.4, -0.2) is 27.6 Å². The van der Waals surface area contributed by atoms with Crippen molar-refractivity contribution in [2.45, 2.75) is 26.3 Å². The van der Waals surface area contributed by atoms with Crippen LogP contribution < -0.4 is 4.90 Å². The highest BCUT2D eigenvalue weighted by atomic mass is 15.2. The Morgan fingerprint density at radius 1 is 1.17 bits per heavy atom. The van der Waals surface area contributed by atoms with Crippen LogP contribution >= 0.6 is 0 Å². The molecule has 4 heteroatoms. The maximum atomic E-state index is 4.58. The van der Waals surface area contributed by atoms with Crippen molar-refractivity contribution in [3.05, 3.63) is 54.7 Å². The van der Waals surface area contributed by atoms with Gasteiger partial charge in [0.15, 0.2) is 0 Å². The van der Waals surface area contributed by atoms with E-state index in [2.05, 4.69) is 63.7 Å². The maximum Gasteiger partial charge on any atom is 0.0949 e. The first kappa shape index (κ1) is 14.2. The summed E-state index contributed by atoms with van der Waals surface area (Å²) >= 11 is 0. The molecule has 0 radical (unpaired) electrons. The Hall–Kier alpha value is -2.36. The molecule has 1 fully saturated rings. The van der Waals surface area contributed by atoms with Gasteiger partial charge >= 0.3 is 0 Å². The lowest BCUT2D eigenvalue weighted by atomic mass is 9.92. The first-order valence-electron chi connectivity index (χ1n) is 8.31. The third-order valence-corrected chi connectivity index (χ3v) is 5.12. The van der Waals surface area contributed by atoms with Crippen LogP contribution in [0.3, 0.4) is 0 Å². The number of benzene rings is 1. The molecule has 0 bridgehead atoms. The van der Waals surface area contributed by atoms with Gasteiger partial charge in [0, 0.05) is 42.8 Å². The number of aromatic nitrogens is 3. The van der Waals surface area contributed by atoms with Crippen molar-refractivity contribution < 1.29 is 0 Å². The second-order valence-corrected chi connectivity index (χ2v) is 6.59. The van der Waals surface area contributed by atoms with Crippen molar-refractivity contribution >= 4 is 16.6 Å². The number of pyridine rings is 1. The Labute approximate surface area is 136 Å². The number of fused-ring (bicyclic) bond motifs is 1. The van der Waals surface area contributed by atoms with Gasteiger partial charge in [-0.25, -0.2) is 4.98 Å². The van der Waals surface area contributed by atoms with E-state index >= 15 is 0 Å². The highest BCUT2D eigenvalue weighted by Gasteiger charge is 2.28. The molecule has 1 aliphatic rings. The zero-order chi connectivity index (χ0) is 15.8. The Balaban J connectivity index is 1.72. The molecule has 0 amide bonds. The summed E-state index contributed by atoms with van der Waals surface area (Å²) < 4.78 is 2.26. The fourth-order valence-corrected chi connectivity index (χ4v) is 3.71. The fraction of sp³-hybridized carbons (Fsp3) is 0.368. The fourth-order valence-electron chi connectivity index (χ4n) is 3.71. The average molecular weight is 306 g/mol. The first-order valence-corrected chi connectivity index (χ1v) is 8.31. The SMILES string of the molecule is Cc1cccc2c(N3CCC(C)C(n4ccnc4)C3)ccnc12. The van der Waals surface area contributed by atoms with Crippen LogP contribution in [0.25, 0.3) is 10.9 Å². The summed E-state index contributed by atoms with van der Waals surface area (Å²) in [6, 6.07) is 9.07. The Bertz CT molecular complexity index is 809. The van der Waals surface area contributed by atoms with E-state index in [1.165, 1.54) is 23.1 Å². The Morgan fingerprint density at radius 2 is 2.09 bits per heavy atom. The van der Waals surface area contributed by atoms with Crippen molar-refractivity contribution in [3.63, 3.8) is 0 Å². The summed E-state index contributed by atoms with van der Waals surface area (Å²) in [5.74, 6) is 0.662. The molecule has 0 spiro atoms. The molecule has 3 heterocycles. The predicted molar refractivity (Wildman–Crippen MR) is 93.7 cm³/mol. The normalized spacial score (nSPS) is 21.7. The van der Waals surface area contributed by atoms with E-state index in [9.17, 15) is 0 Å². The number of aryl methyl sites for hydroxylation is 1. The molecule has 1 aromatic carbocycles. The molecule has 2 unspecified atom stereocenters. The van der Waals surface area contributed by atoms with Crippen LogP contribution in [0, 0.1) is 12.8 Å². The van der Waals surface area contributed by atoms with E-state index in [0.717, 1.165) is 18.6 Å². The lowest BCUT2D eigenvalue weighted by Crippen LogP contribution is -2.40. The van der Waals surface area contributed by atoms with Crippen molar-refractivity contribution in [1.29, 1.82) is 0 Å². The van der Waals surface area contributed by atoms with Gasteiger partial charge in [-0.1, -0.05) is 25.1 Å². The monoisotopic (exact) mass is 306 g/mol. The molecule has 0 aliphatic carbocycles. The zero-order valence-corrected chi connectivity index (χ0v) is 13.7. The lowest BCUT2D eigenvalue weighted by Gasteiger charge is -2.39. The van der Waals surface area contributed by atoms with Crippen LogP contribution in [0.2, 0.25) is 0 Å². The highest BCUT2D eigenvalue weighted by Crippen LogP contribution is 2.34. The van der Waals surface area contributed by atoms with Crippen LogP contribution in [0.5, 0.6) is 0 Å². The smallest absolute Gasteiger partial charge is 0.0949 e. The zero-order valence-electron chi connectivity index (χ0n) is 13.7. The van der Waals surface area contributed by atoms with Gasteiger partial charge in [0.1, 0.15) is 0 Å². The molecule has 0 saturated carbocycles. The number of imidazole rings is 1. The largest absolute Gasteiger partial charge is 0.369 e. The summed E-state index contributed by atoms with van der Waals surface area (Å²) in [7, 11) is 0. The van der Waals surface area contributed by atoms with E-state index in [0.29, 0.717) is 12.0 Å². The van der Waals surface area contributed by atoms with Crippen molar-refractivity contribution in [3.8, 4) is 0 Å². The van der Waals surface area contributed by atoms with E-state index in [1.807, 2.05) is 18.7 Å².